The molecule has 44 valence electrons. The molecule has 0 aromatic carbocycles. The van der Waals surface area contributed by atoms with Crippen LogP contribution in [0.4, 0.5) is 0 Å². The summed E-state index contributed by atoms with van der Waals surface area (Å²) in [6.07, 6.45) is 4.12. The molecule has 0 unspecified atom stereocenters. The topological polar surface area (TPSA) is 29.9 Å². The highest BCUT2D eigenvalue weighted by Crippen LogP contribution is 1.74. The summed E-state index contributed by atoms with van der Waals surface area (Å²) in [4.78, 5) is 0. The van der Waals surface area contributed by atoms with Gasteiger partial charge in [0.25, 0.3) is 6.39 Å². The molecule has 3 heteroatoms. The summed E-state index contributed by atoms with van der Waals surface area (Å²) in [5.74, 6) is 0. The van der Waals surface area contributed by atoms with E-state index in [-0.39, 0.29) is 0 Å². The first-order valence-electron chi connectivity index (χ1n) is 2.71. The van der Waals surface area contributed by atoms with Crippen LogP contribution in [0.2, 0.25) is 0 Å². The van der Waals surface area contributed by atoms with E-state index in [0.29, 0.717) is 0 Å². The summed E-state index contributed by atoms with van der Waals surface area (Å²) in [5, 5.41) is 3.86. The van der Waals surface area contributed by atoms with Crippen molar-refractivity contribution in [3.63, 3.8) is 0 Å². The van der Waals surface area contributed by atoms with Gasteiger partial charge in [-0.2, -0.15) is 0 Å². The summed E-state index contributed by atoms with van der Waals surface area (Å²) in [5.41, 5.74) is 0. The molecular formula is C5H9N2O+. The van der Waals surface area contributed by atoms with E-state index in [1.807, 2.05) is 0 Å². The molecule has 0 N–H and O–H groups in total. The fourth-order valence-corrected chi connectivity index (χ4v) is 0.552. The van der Waals surface area contributed by atoms with Crippen LogP contribution in [0.1, 0.15) is 13.3 Å². The number of aromatic nitrogens is 2. The molecule has 1 rings (SSSR count). The lowest BCUT2D eigenvalue weighted by Gasteiger charge is -1.76. The molecule has 1 aromatic heterocycles. The molecule has 1 aromatic rings. The standard InChI is InChI=1S/C5H9N2O/c1-2-3-7-5-8-4-6-7/h4-5H,2-3H2,1H3/q+1. The Hall–Kier alpha value is -0.860. The molecule has 0 radical (unpaired) electrons. The van der Waals surface area contributed by atoms with Crippen LogP contribution in [0.5, 0.6) is 0 Å². The normalized spacial score (nSPS) is 9.62. The Morgan fingerprint density at radius 1 is 1.75 bits per heavy atom. The zero-order chi connectivity index (χ0) is 5.82. The van der Waals surface area contributed by atoms with E-state index in [4.69, 9.17) is 4.42 Å². The van der Waals surface area contributed by atoms with Crippen LogP contribution in [0, 0.1) is 0 Å². The van der Waals surface area contributed by atoms with Gasteiger partial charge in [0, 0.05) is 11.5 Å². The SMILES string of the molecule is CCC[n+]1cocn1. The van der Waals surface area contributed by atoms with Gasteiger partial charge in [-0.3, -0.25) is 0 Å². The zero-order valence-electron chi connectivity index (χ0n) is 4.87. The van der Waals surface area contributed by atoms with Crippen LogP contribution in [0.15, 0.2) is 17.2 Å². The van der Waals surface area contributed by atoms with Crippen LogP contribution < -0.4 is 4.68 Å². The minimum absolute atomic E-state index is 0.941. The highest BCUT2D eigenvalue weighted by atomic mass is 16.3. The monoisotopic (exact) mass is 113 g/mol. The van der Waals surface area contributed by atoms with Crippen LogP contribution >= 0.6 is 0 Å². The van der Waals surface area contributed by atoms with Gasteiger partial charge in [-0.15, -0.1) is 0 Å². The third-order valence-electron chi connectivity index (χ3n) is 0.892. The predicted octanol–water partition coefficient (Wildman–Crippen LogP) is 0.372. The number of hydrogen-bond donors (Lipinski definition) is 0. The van der Waals surface area contributed by atoms with E-state index in [1.165, 1.54) is 6.39 Å². The van der Waals surface area contributed by atoms with Gasteiger partial charge < -0.3 is 4.42 Å². The Morgan fingerprint density at radius 2 is 2.62 bits per heavy atom. The van der Waals surface area contributed by atoms with Crippen molar-refractivity contribution in [1.29, 1.82) is 0 Å². The summed E-state index contributed by atoms with van der Waals surface area (Å²) in [7, 11) is 0. The summed E-state index contributed by atoms with van der Waals surface area (Å²) in [6, 6.07) is 0. The number of rotatable bonds is 2. The maximum absolute atomic E-state index is 4.72. The average molecular weight is 113 g/mol. The van der Waals surface area contributed by atoms with Crippen molar-refractivity contribution in [2.45, 2.75) is 19.9 Å². The van der Waals surface area contributed by atoms with Crippen LogP contribution in [-0.4, -0.2) is 5.10 Å². The molecule has 0 saturated carbocycles. The first-order chi connectivity index (χ1) is 3.93. The molecule has 0 aliphatic carbocycles. The first-order valence-corrected chi connectivity index (χ1v) is 2.71. The molecule has 0 atom stereocenters. The van der Waals surface area contributed by atoms with Crippen molar-refractivity contribution in [2.75, 3.05) is 0 Å². The van der Waals surface area contributed by atoms with Crippen LogP contribution in [0.3, 0.4) is 0 Å². The molecule has 0 aliphatic heterocycles. The maximum Gasteiger partial charge on any atom is 0.361 e. The molecule has 3 nitrogen and oxygen atoms in total. The zero-order valence-corrected chi connectivity index (χ0v) is 4.87. The van der Waals surface area contributed by atoms with Gasteiger partial charge in [0.15, 0.2) is 6.54 Å². The molecule has 0 bridgehead atoms. The molecular weight excluding hydrogens is 104 g/mol. The second-order valence-corrected chi connectivity index (χ2v) is 1.63. The molecule has 1 heterocycles. The predicted molar refractivity (Wildman–Crippen MR) is 27.0 cm³/mol. The highest BCUT2D eigenvalue weighted by Gasteiger charge is 1.97. The van der Waals surface area contributed by atoms with Gasteiger partial charge in [-0.05, 0) is 0 Å². The van der Waals surface area contributed by atoms with E-state index in [1.54, 1.807) is 11.1 Å². The minimum Gasteiger partial charge on any atom is -0.391 e. The lowest BCUT2D eigenvalue weighted by molar-refractivity contribution is -0.754. The molecule has 0 saturated heterocycles. The number of aryl methyl sites for hydroxylation is 1. The molecule has 0 fully saturated rings. The van der Waals surface area contributed by atoms with Gasteiger partial charge in [0.1, 0.15) is 0 Å². The van der Waals surface area contributed by atoms with E-state index in [9.17, 15) is 0 Å². The summed E-state index contributed by atoms with van der Waals surface area (Å²) in [6.45, 7) is 3.04. The first kappa shape index (κ1) is 5.28. The van der Waals surface area contributed by atoms with Crippen LogP contribution in [0.25, 0.3) is 0 Å². The third kappa shape index (κ3) is 1.05. The van der Waals surface area contributed by atoms with Crippen molar-refractivity contribution in [3.8, 4) is 0 Å². The third-order valence-corrected chi connectivity index (χ3v) is 0.892. The van der Waals surface area contributed by atoms with Gasteiger partial charge in [0.2, 0.25) is 0 Å². The molecule has 0 spiro atoms. The van der Waals surface area contributed by atoms with Gasteiger partial charge in [-0.25, -0.2) is 0 Å². The van der Waals surface area contributed by atoms with E-state index >= 15 is 0 Å². The maximum atomic E-state index is 4.72. The highest BCUT2D eigenvalue weighted by molar-refractivity contribution is 4.20. The van der Waals surface area contributed by atoms with E-state index in [0.717, 1.165) is 13.0 Å². The molecule has 0 amide bonds. The second-order valence-electron chi connectivity index (χ2n) is 1.63. The quantitative estimate of drug-likeness (QED) is 0.519. The molecule has 8 heavy (non-hydrogen) atoms. The summed E-state index contributed by atoms with van der Waals surface area (Å²) >= 11 is 0. The smallest absolute Gasteiger partial charge is 0.361 e. The Morgan fingerprint density at radius 3 is 3.12 bits per heavy atom. The fourth-order valence-electron chi connectivity index (χ4n) is 0.552. The van der Waals surface area contributed by atoms with Crippen LogP contribution in [-0.2, 0) is 6.54 Å². The van der Waals surface area contributed by atoms with Crippen molar-refractivity contribution >= 4 is 0 Å². The Bertz CT molecular complexity index is 136. The minimum atomic E-state index is 0.941. The van der Waals surface area contributed by atoms with E-state index < -0.39 is 0 Å². The van der Waals surface area contributed by atoms with Crippen molar-refractivity contribution in [1.82, 2.24) is 5.10 Å². The largest absolute Gasteiger partial charge is 0.391 e. The molecule has 0 aliphatic rings. The fraction of sp³-hybridized carbons (Fsp3) is 0.600. The second kappa shape index (κ2) is 2.45. The van der Waals surface area contributed by atoms with Crippen molar-refractivity contribution < 1.29 is 9.10 Å². The average Bonchev–Trinajstić information content (AvgIpc) is 2.19. The lowest BCUT2D eigenvalue weighted by Crippen LogP contribution is -2.33. The number of nitrogens with zero attached hydrogens (tertiary/aromatic N) is 2. The van der Waals surface area contributed by atoms with Crippen molar-refractivity contribution in [3.05, 3.63) is 12.8 Å². The number of hydrogen-bond acceptors (Lipinski definition) is 2. The Balaban J connectivity index is 2.50. The van der Waals surface area contributed by atoms with E-state index in [2.05, 4.69) is 12.0 Å². The van der Waals surface area contributed by atoms with Gasteiger partial charge in [0.05, 0.1) is 0 Å². The lowest BCUT2D eigenvalue weighted by atomic mass is 10.5. The van der Waals surface area contributed by atoms with Gasteiger partial charge >= 0.3 is 6.39 Å². The Kier molecular flexibility index (Phi) is 1.62. The summed E-state index contributed by atoms with van der Waals surface area (Å²) < 4.78 is 6.48. The Labute approximate surface area is 47.9 Å². The van der Waals surface area contributed by atoms with Gasteiger partial charge in [-0.1, -0.05) is 11.6 Å². The van der Waals surface area contributed by atoms with Crippen molar-refractivity contribution in [2.24, 2.45) is 0 Å².